The first-order chi connectivity index (χ1) is 13.4. The Labute approximate surface area is 171 Å². The van der Waals surface area contributed by atoms with Gasteiger partial charge in [0, 0.05) is 9.90 Å². The van der Waals surface area contributed by atoms with Gasteiger partial charge in [0.15, 0.2) is 6.61 Å². The molecule has 0 bridgehead atoms. The predicted molar refractivity (Wildman–Crippen MR) is 107 cm³/mol. The lowest BCUT2D eigenvalue weighted by Crippen LogP contribution is -2.22. The topological polar surface area (TPSA) is 81.7 Å². The van der Waals surface area contributed by atoms with E-state index < -0.39 is 24.5 Å². The average molecular weight is 422 g/mol. The molecule has 1 heterocycles. The average Bonchev–Trinajstić information content (AvgIpc) is 3.02. The standard InChI is InChI=1S/C20H20ClNO5S/c1-11-6-7-14-15(8-11)28-18(17(14)20(25)26-2)22-16(23)10-27-19(24)12-4-3-5-13(21)9-12/h3-5,9,11H,6-8,10H2,1-2H3,(H,22,23). The van der Waals surface area contributed by atoms with Crippen LogP contribution in [0.25, 0.3) is 0 Å². The third-order valence-corrected chi connectivity index (χ3v) is 5.95. The molecule has 0 aliphatic heterocycles. The summed E-state index contributed by atoms with van der Waals surface area (Å²) < 4.78 is 9.94. The van der Waals surface area contributed by atoms with Gasteiger partial charge < -0.3 is 14.8 Å². The molecule has 1 N–H and O–H groups in total. The van der Waals surface area contributed by atoms with Crippen molar-refractivity contribution in [3.63, 3.8) is 0 Å². The van der Waals surface area contributed by atoms with Crippen LogP contribution in [0.5, 0.6) is 0 Å². The van der Waals surface area contributed by atoms with E-state index in [1.807, 2.05) is 0 Å². The lowest BCUT2D eigenvalue weighted by Gasteiger charge is -2.18. The van der Waals surface area contributed by atoms with Crippen molar-refractivity contribution in [1.29, 1.82) is 0 Å². The molecule has 0 radical (unpaired) electrons. The van der Waals surface area contributed by atoms with Crippen molar-refractivity contribution in [2.75, 3.05) is 19.0 Å². The van der Waals surface area contributed by atoms with Crippen molar-refractivity contribution in [2.45, 2.75) is 26.2 Å². The molecule has 0 fully saturated rings. The molecule has 1 atom stereocenters. The first-order valence-electron chi connectivity index (χ1n) is 8.84. The fraction of sp³-hybridized carbons (Fsp3) is 0.350. The molecule has 3 rings (SSSR count). The van der Waals surface area contributed by atoms with Crippen LogP contribution < -0.4 is 5.32 Å². The number of hydrogen-bond acceptors (Lipinski definition) is 6. The second-order valence-electron chi connectivity index (χ2n) is 6.68. The Bertz CT molecular complexity index is 923. The van der Waals surface area contributed by atoms with Crippen molar-refractivity contribution < 1.29 is 23.9 Å². The summed E-state index contributed by atoms with van der Waals surface area (Å²) in [5.41, 5.74) is 1.61. The number of amides is 1. The van der Waals surface area contributed by atoms with Gasteiger partial charge in [-0.3, -0.25) is 4.79 Å². The number of benzene rings is 1. The van der Waals surface area contributed by atoms with E-state index in [4.69, 9.17) is 21.1 Å². The summed E-state index contributed by atoms with van der Waals surface area (Å²) >= 11 is 7.23. The highest BCUT2D eigenvalue weighted by atomic mass is 35.5. The molecule has 1 unspecified atom stereocenters. The van der Waals surface area contributed by atoms with Crippen molar-refractivity contribution in [3.8, 4) is 0 Å². The summed E-state index contributed by atoms with van der Waals surface area (Å²) in [6.07, 6.45) is 2.62. The number of anilines is 1. The Kier molecular flexibility index (Phi) is 6.36. The van der Waals surface area contributed by atoms with Crippen LogP contribution in [-0.4, -0.2) is 31.6 Å². The van der Waals surface area contributed by atoms with Gasteiger partial charge >= 0.3 is 11.9 Å². The summed E-state index contributed by atoms with van der Waals surface area (Å²) in [4.78, 5) is 37.7. The van der Waals surface area contributed by atoms with Crippen molar-refractivity contribution in [3.05, 3.63) is 50.9 Å². The third-order valence-electron chi connectivity index (χ3n) is 4.55. The Hall–Kier alpha value is -2.38. The number of carbonyl (C=O) groups excluding carboxylic acids is 3. The van der Waals surface area contributed by atoms with E-state index in [0.717, 1.165) is 29.7 Å². The highest BCUT2D eigenvalue weighted by molar-refractivity contribution is 7.17. The SMILES string of the molecule is COC(=O)c1c(NC(=O)COC(=O)c2cccc(Cl)c2)sc2c1CCC(C)C2. The van der Waals surface area contributed by atoms with Crippen LogP contribution in [0.3, 0.4) is 0 Å². The Morgan fingerprint density at radius 1 is 1.29 bits per heavy atom. The summed E-state index contributed by atoms with van der Waals surface area (Å²) in [5.74, 6) is -1.12. The minimum absolute atomic E-state index is 0.260. The van der Waals surface area contributed by atoms with Gasteiger partial charge in [-0.2, -0.15) is 0 Å². The van der Waals surface area contributed by atoms with E-state index in [9.17, 15) is 14.4 Å². The van der Waals surface area contributed by atoms with Gasteiger partial charge in [0.2, 0.25) is 0 Å². The van der Waals surface area contributed by atoms with E-state index >= 15 is 0 Å². The minimum Gasteiger partial charge on any atom is -0.465 e. The largest absolute Gasteiger partial charge is 0.465 e. The number of ether oxygens (including phenoxy) is 2. The zero-order chi connectivity index (χ0) is 20.3. The quantitative estimate of drug-likeness (QED) is 0.735. The van der Waals surface area contributed by atoms with E-state index in [1.54, 1.807) is 18.2 Å². The molecule has 1 aliphatic carbocycles. The van der Waals surface area contributed by atoms with Crippen molar-refractivity contribution >= 4 is 45.8 Å². The lowest BCUT2D eigenvalue weighted by atomic mass is 9.88. The molecular formula is C20H20ClNO5S. The minimum atomic E-state index is -0.648. The molecule has 1 aliphatic rings. The highest BCUT2D eigenvalue weighted by Crippen LogP contribution is 2.40. The van der Waals surface area contributed by atoms with Gasteiger partial charge in [0.1, 0.15) is 5.00 Å². The van der Waals surface area contributed by atoms with Gasteiger partial charge in [-0.15, -0.1) is 11.3 Å². The summed E-state index contributed by atoms with van der Waals surface area (Å²) in [7, 11) is 1.32. The molecule has 6 nitrogen and oxygen atoms in total. The summed E-state index contributed by atoms with van der Waals surface area (Å²) in [5, 5.41) is 3.53. The van der Waals surface area contributed by atoms with E-state index in [0.29, 0.717) is 21.5 Å². The number of halogens is 1. The molecule has 0 spiro atoms. The first-order valence-corrected chi connectivity index (χ1v) is 10.0. The Balaban J connectivity index is 1.70. The Morgan fingerprint density at radius 2 is 2.07 bits per heavy atom. The number of nitrogens with one attached hydrogen (secondary N) is 1. The molecule has 8 heteroatoms. The molecule has 2 aromatic rings. The van der Waals surface area contributed by atoms with Crippen LogP contribution in [0.15, 0.2) is 24.3 Å². The van der Waals surface area contributed by atoms with Crippen LogP contribution in [0, 0.1) is 5.92 Å². The summed E-state index contributed by atoms with van der Waals surface area (Å²) in [6.45, 7) is 1.69. The van der Waals surface area contributed by atoms with E-state index in [1.165, 1.54) is 24.5 Å². The fourth-order valence-electron chi connectivity index (χ4n) is 3.15. The highest BCUT2D eigenvalue weighted by Gasteiger charge is 2.29. The smallest absolute Gasteiger partial charge is 0.341 e. The number of rotatable bonds is 5. The van der Waals surface area contributed by atoms with Crippen LogP contribution >= 0.6 is 22.9 Å². The number of carbonyl (C=O) groups is 3. The maximum atomic E-state index is 12.3. The predicted octanol–water partition coefficient (Wildman–Crippen LogP) is 4.11. The lowest BCUT2D eigenvalue weighted by molar-refractivity contribution is -0.119. The third kappa shape index (κ3) is 4.54. The number of hydrogen-bond donors (Lipinski definition) is 1. The van der Waals surface area contributed by atoms with Crippen LogP contribution in [-0.2, 0) is 27.1 Å². The Morgan fingerprint density at radius 3 is 2.79 bits per heavy atom. The monoisotopic (exact) mass is 421 g/mol. The van der Waals surface area contributed by atoms with Crippen molar-refractivity contribution in [1.82, 2.24) is 0 Å². The molecule has 1 aromatic heterocycles. The number of fused-ring (bicyclic) bond motifs is 1. The zero-order valence-corrected chi connectivity index (χ0v) is 17.1. The van der Waals surface area contributed by atoms with Gasteiger partial charge in [-0.1, -0.05) is 24.6 Å². The second kappa shape index (κ2) is 8.75. The number of thiophene rings is 1. The normalized spacial score (nSPS) is 15.5. The molecule has 0 saturated heterocycles. The van der Waals surface area contributed by atoms with Crippen LogP contribution in [0.2, 0.25) is 5.02 Å². The molecule has 148 valence electrons. The van der Waals surface area contributed by atoms with E-state index in [2.05, 4.69) is 12.2 Å². The zero-order valence-electron chi connectivity index (χ0n) is 15.5. The molecule has 1 amide bonds. The van der Waals surface area contributed by atoms with E-state index in [-0.39, 0.29) is 5.56 Å². The maximum Gasteiger partial charge on any atom is 0.341 e. The first kappa shape index (κ1) is 20.4. The molecule has 0 saturated carbocycles. The molecule has 28 heavy (non-hydrogen) atoms. The molecule has 1 aromatic carbocycles. The van der Waals surface area contributed by atoms with Crippen molar-refractivity contribution in [2.24, 2.45) is 5.92 Å². The maximum absolute atomic E-state index is 12.3. The van der Waals surface area contributed by atoms with Crippen LogP contribution in [0.1, 0.15) is 44.5 Å². The van der Waals surface area contributed by atoms with Gasteiger partial charge in [-0.25, -0.2) is 9.59 Å². The van der Waals surface area contributed by atoms with Gasteiger partial charge in [0.05, 0.1) is 18.2 Å². The fourth-order valence-corrected chi connectivity index (χ4v) is 4.75. The summed E-state index contributed by atoms with van der Waals surface area (Å²) in [6, 6.07) is 6.28. The number of esters is 2. The second-order valence-corrected chi connectivity index (χ2v) is 8.22. The number of methoxy groups -OCH3 is 1. The molecular weight excluding hydrogens is 402 g/mol. The van der Waals surface area contributed by atoms with Crippen LogP contribution in [0.4, 0.5) is 5.00 Å². The van der Waals surface area contributed by atoms with Gasteiger partial charge in [-0.05, 0) is 48.9 Å². The van der Waals surface area contributed by atoms with Gasteiger partial charge in [0.25, 0.3) is 5.91 Å².